The van der Waals surface area contributed by atoms with Gasteiger partial charge in [-0.25, -0.2) is 22.6 Å². The molecular formula is C13H9F3N2O3. The van der Waals surface area contributed by atoms with Crippen molar-refractivity contribution in [3.63, 3.8) is 0 Å². The van der Waals surface area contributed by atoms with Crippen LogP contribution in [0.1, 0.15) is 21.7 Å². The second kappa shape index (κ2) is 4.88. The molecule has 0 amide bonds. The van der Waals surface area contributed by atoms with E-state index in [4.69, 9.17) is 9.84 Å². The number of nitrogens with zero attached hydrogens (tertiary/aromatic N) is 2. The molecule has 0 atom stereocenters. The Kier molecular flexibility index (Phi) is 3.17. The first-order valence-corrected chi connectivity index (χ1v) is 6.05. The lowest BCUT2D eigenvalue weighted by atomic mass is 10.1. The third-order valence-corrected chi connectivity index (χ3v) is 3.24. The van der Waals surface area contributed by atoms with Gasteiger partial charge in [0.2, 0.25) is 0 Å². The summed E-state index contributed by atoms with van der Waals surface area (Å²) in [6.45, 7) is 0.339. The van der Waals surface area contributed by atoms with Crippen molar-refractivity contribution in [1.82, 2.24) is 9.78 Å². The van der Waals surface area contributed by atoms with Crippen LogP contribution in [-0.4, -0.2) is 27.5 Å². The van der Waals surface area contributed by atoms with Crippen LogP contribution in [0.3, 0.4) is 0 Å². The number of ether oxygens (including phenoxy) is 1. The van der Waals surface area contributed by atoms with Crippen LogP contribution in [0.4, 0.5) is 13.2 Å². The standard InChI is InChI=1S/C13H9F3N2O3/c14-7-3-9(16)11(4-8(7)15)18-10-1-2-21-5-6(10)12(17-18)13(19)20/h3-4H,1-2,5H2,(H,19,20). The Morgan fingerprint density at radius 2 is 1.95 bits per heavy atom. The van der Waals surface area contributed by atoms with Crippen LogP contribution >= 0.6 is 0 Å². The Bertz CT molecular complexity index is 743. The molecule has 1 aliphatic heterocycles. The highest BCUT2D eigenvalue weighted by molar-refractivity contribution is 5.87. The van der Waals surface area contributed by atoms with Crippen molar-refractivity contribution in [2.75, 3.05) is 6.61 Å². The van der Waals surface area contributed by atoms with Crippen LogP contribution in [-0.2, 0) is 17.8 Å². The van der Waals surface area contributed by atoms with Crippen LogP contribution in [0.25, 0.3) is 5.69 Å². The monoisotopic (exact) mass is 298 g/mol. The van der Waals surface area contributed by atoms with E-state index in [2.05, 4.69) is 5.10 Å². The van der Waals surface area contributed by atoms with Crippen molar-refractivity contribution >= 4 is 5.97 Å². The van der Waals surface area contributed by atoms with Gasteiger partial charge in [-0.2, -0.15) is 5.10 Å². The number of aromatic nitrogens is 2. The van der Waals surface area contributed by atoms with Gasteiger partial charge < -0.3 is 9.84 Å². The SMILES string of the molecule is O=C(O)c1nn(-c2cc(F)c(F)cc2F)c2c1COCC2. The van der Waals surface area contributed by atoms with Crippen molar-refractivity contribution in [3.8, 4) is 5.69 Å². The second-order valence-corrected chi connectivity index (χ2v) is 4.51. The molecule has 3 rings (SSSR count). The number of carbonyl (C=O) groups is 1. The predicted octanol–water partition coefficient (Wildman–Crippen LogP) is 2.06. The first-order chi connectivity index (χ1) is 9.99. The van der Waals surface area contributed by atoms with Gasteiger partial charge in [0.1, 0.15) is 5.69 Å². The maximum atomic E-state index is 13.9. The fourth-order valence-electron chi connectivity index (χ4n) is 2.28. The lowest BCUT2D eigenvalue weighted by Crippen LogP contribution is -2.14. The third-order valence-electron chi connectivity index (χ3n) is 3.24. The Hall–Kier alpha value is -2.35. The molecule has 110 valence electrons. The van der Waals surface area contributed by atoms with Gasteiger partial charge in [0.05, 0.1) is 18.9 Å². The van der Waals surface area contributed by atoms with Gasteiger partial charge in [0, 0.05) is 24.1 Å². The zero-order valence-electron chi connectivity index (χ0n) is 10.6. The topological polar surface area (TPSA) is 64.3 Å². The number of rotatable bonds is 2. The summed E-state index contributed by atoms with van der Waals surface area (Å²) in [6.07, 6.45) is 0.300. The van der Waals surface area contributed by atoms with E-state index in [9.17, 15) is 18.0 Å². The molecule has 0 bridgehead atoms. The molecule has 5 nitrogen and oxygen atoms in total. The molecular weight excluding hydrogens is 289 g/mol. The van der Waals surface area contributed by atoms with Gasteiger partial charge in [0.25, 0.3) is 0 Å². The number of hydrogen-bond donors (Lipinski definition) is 1. The Morgan fingerprint density at radius 3 is 2.67 bits per heavy atom. The zero-order chi connectivity index (χ0) is 15.1. The molecule has 0 fully saturated rings. The van der Waals surface area contributed by atoms with Gasteiger partial charge in [-0.1, -0.05) is 0 Å². The van der Waals surface area contributed by atoms with Gasteiger partial charge in [-0.05, 0) is 0 Å². The third kappa shape index (κ3) is 2.17. The normalized spacial score (nSPS) is 14.0. The highest BCUT2D eigenvalue weighted by atomic mass is 19.2. The smallest absolute Gasteiger partial charge is 0.356 e. The van der Waals surface area contributed by atoms with Crippen LogP contribution in [0, 0.1) is 17.5 Å². The quantitative estimate of drug-likeness (QED) is 0.862. The second-order valence-electron chi connectivity index (χ2n) is 4.51. The van der Waals surface area contributed by atoms with Gasteiger partial charge in [0.15, 0.2) is 23.1 Å². The molecule has 2 heterocycles. The number of halogens is 3. The van der Waals surface area contributed by atoms with E-state index in [1.807, 2.05) is 0 Å². The first kappa shape index (κ1) is 13.6. The lowest BCUT2D eigenvalue weighted by molar-refractivity contribution is 0.0677. The highest BCUT2D eigenvalue weighted by Gasteiger charge is 2.27. The van der Waals surface area contributed by atoms with Crippen LogP contribution < -0.4 is 0 Å². The summed E-state index contributed by atoms with van der Waals surface area (Å²) >= 11 is 0. The molecule has 0 unspecified atom stereocenters. The molecule has 21 heavy (non-hydrogen) atoms. The zero-order valence-corrected chi connectivity index (χ0v) is 10.6. The molecule has 0 saturated heterocycles. The van der Waals surface area contributed by atoms with Crippen molar-refractivity contribution < 1.29 is 27.8 Å². The summed E-state index contributed by atoms with van der Waals surface area (Å²) in [5, 5.41) is 12.9. The van der Waals surface area contributed by atoms with E-state index < -0.39 is 23.4 Å². The van der Waals surface area contributed by atoms with Gasteiger partial charge >= 0.3 is 5.97 Å². The van der Waals surface area contributed by atoms with E-state index >= 15 is 0 Å². The van der Waals surface area contributed by atoms with E-state index in [0.717, 1.165) is 4.68 Å². The summed E-state index contributed by atoms with van der Waals surface area (Å²) in [7, 11) is 0. The minimum Gasteiger partial charge on any atom is -0.476 e. The molecule has 1 aromatic carbocycles. The predicted molar refractivity (Wildman–Crippen MR) is 63.8 cm³/mol. The number of carboxylic acid groups (broad SMARTS) is 1. The number of aromatic carboxylic acids is 1. The first-order valence-electron chi connectivity index (χ1n) is 6.05. The number of fused-ring (bicyclic) bond motifs is 1. The molecule has 0 aliphatic carbocycles. The number of hydrogen-bond acceptors (Lipinski definition) is 3. The summed E-state index contributed by atoms with van der Waals surface area (Å²) in [5.74, 6) is -4.88. The summed E-state index contributed by atoms with van der Waals surface area (Å²) in [4.78, 5) is 11.2. The Balaban J connectivity index is 2.24. The van der Waals surface area contributed by atoms with E-state index in [1.54, 1.807) is 0 Å². The number of benzene rings is 1. The van der Waals surface area contributed by atoms with Gasteiger partial charge in [-0.3, -0.25) is 0 Å². The molecule has 1 N–H and O–H groups in total. The minimum absolute atomic E-state index is 0.0300. The molecule has 0 radical (unpaired) electrons. The van der Waals surface area contributed by atoms with E-state index in [-0.39, 0.29) is 18.0 Å². The van der Waals surface area contributed by atoms with Crippen LogP contribution in [0.15, 0.2) is 12.1 Å². The summed E-state index contributed by atoms with van der Waals surface area (Å²) in [6, 6.07) is 1.05. The molecule has 0 spiro atoms. The average Bonchev–Trinajstić information content (AvgIpc) is 2.82. The van der Waals surface area contributed by atoms with Crippen LogP contribution in [0.2, 0.25) is 0 Å². The Labute approximate surface area is 116 Å². The van der Waals surface area contributed by atoms with Crippen molar-refractivity contribution in [1.29, 1.82) is 0 Å². The minimum atomic E-state index is -1.32. The maximum absolute atomic E-state index is 13.9. The molecule has 2 aromatic rings. The van der Waals surface area contributed by atoms with Crippen molar-refractivity contribution in [3.05, 3.63) is 46.5 Å². The highest BCUT2D eigenvalue weighted by Crippen LogP contribution is 2.26. The van der Waals surface area contributed by atoms with Gasteiger partial charge in [-0.15, -0.1) is 0 Å². The summed E-state index contributed by atoms with van der Waals surface area (Å²) in [5.41, 5.74) is 0.120. The maximum Gasteiger partial charge on any atom is 0.356 e. The molecule has 1 aliphatic rings. The Morgan fingerprint density at radius 1 is 1.24 bits per heavy atom. The van der Waals surface area contributed by atoms with Crippen molar-refractivity contribution in [2.45, 2.75) is 13.0 Å². The molecule has 0 saturated carbocycles. The lowest BCUT2D eigenvalue weighted by Gasteiger charge is -2.15. The number of carboxylic acids is 1. The van der Waals surface area contributed by atoms with Crippen LogP contribution in [0.5, 0.6) is 0 Å². The average molecular weight is 298 g/mol. The molecule has 1 aromatic heterocycles. The molecule has 8 heteroatoms. The van der Waals surface area contributed by atoms with E-state index in [0.29, 0.717) is 36.4 Å². The fourth-order valence-corrected chi connectivity index (χ4v) is 2.28. The van der Waals surface area contributed by atoms with Crippen molar-refractivity contribution in [2.24, 2.45) is 0 Å². The largest absolute Gasteiger partial charge is 0.476 e. The fraction of sp³-hybridized carbons (Fsp3) is 0.231. The van der Waals surface area contributed by atoms with E-state index in [1.165, 1.54) is 0 Å². The summed E-state index contributed by atoms with van der Waals surface area (Å²) < 4.78 is 46.3.